The van der Waals surface area contributed by atoms with Crippen LogP contribution in [-0.4, -0.2) is 4.98 Å². The monoisotopic (exact) mass is 303 g/mol. The first-order chi connectivity index (χ1) is 10.5. The smallest absolute Gasteiger partial charge is 0.416 e. The number of ether oxygens (including phenoxy) is 1. The van der Waals surface area contributed by atoms with Crippen LogP contribution in [0.25, 0.3) is 10.9 Å². The molecule has 0 atom stereocenters. The Kier molecular flexibility index (Phi) is 3.71. The Morgan fingerprint density at radius 1 is 0.955 bits per heavy atom. The first-order valence-corrected chi connectivity index (χ1v) is 6.67. The fourth-order valence-electron chi connectivity index (χ4n) is 2.22. The first-order valence-electron chi connectivity index (χ1n) is 6.67. The largest absolute Gasteiger partial charge is 0.489 e. The fourth-order valence-corrected chi connectivity index (χ4v) is 2.22. The lowest BCUT2D eigenvalue weighted by Crippen LogP contribution is -2.10. The summed E-state index contributed by atoms with van der Waals surface area (Å²) in [7, 11) is 0. The molecule has 2 aromatic carbocycles. The lowest BCUT2D eigenvalue weighted by Gasteiger charge is -2.13. The lowest BCUT2D eigenvalue weighted by atomic mass is 10.1. The van der Waals surface area contributed by atoms with Gasteiger partial charge in [-0.05, 0) is 24.3 Å². The van der Waals surface area contributed by atoms with Gasteiger partial charge in [0.15, 0.2) is 0 Å². The van der Waals surface area contributed by atoms with Gasteiger partial charge in [-0.25, -0.2) is 0 Å². The van der Waals surface area contributed by atoms with Crippen LogP contribution in [0.4, 0.5) is 13.2 Å². The molecule has 5 heteroatoms. The second-order valence-electron chi connectivity index (χ2n) is 4.80. The summed E-state index contributed by atoms with van der Waals surface area (Å²) < 4.78 is 44.2. The van der Waals surface area contributed by atoms with Crippen molar-refractivity contribution in [1.82, 2.24) is 4.98 Å². The van der Waals surface area contributed by atoms with E-state index in [1.807, 2.05) is 18.2 Å². The van der Waals surface area contributed by atoms with Crippen LogP contribution in [0.15, 0.2) is 60.8 Å². The van der Waals surface area contributed by atoms with Crippen LogP contribution in [-0.2, 0) is 12.8 Å². The quantitative estimate of drug-likeness (QED) is 0.691. The predicted molar refractivity (Wildman–Crippen MR) is 77.5 cm³/mol. The summed E-state index contributed by atoms with van der Waals surface area (Å²) >= 11 is 0. The van der Waals surface area contributed by atoms with E-state index in [4.69, 9.17) is 4.74 Å². The average molecular weight is 303 g/mol. The molecule has 0 amide bonds. The Bertz CT molecular complexity index is 799. The molecular weight excluding hydrogens is 291 g/mol. The summed E-state index contributed by atoms with van der Waals surface area (Å²) in [6.45, 7) is -0.145. The average Bonchev–Trinajstić information content (AvgIpc) is 2.52. The van der Waals surface area contributed by atoms with Gasteiger partial charge in [0.25, 0.3) is 0 Å². The van der Waals surface area contributed by atoms with Crippen LogP contribution in [0.3, 0.4) is 0 Å². The molecule has 0 radical (unpaired) electrons. The minimum absolute atomic E-state index is 0.108. The van der Waals surface area contributed by atoms with Gasteiger partial charge in [0, 0.05) is 23.2 Å². The van der Waals surface area contributed by atoms with Gasteiger partial charge in [0.2, 0.25) is 0 Å². The summed E-state index contributed by atoms with van der Waals surface area (Å²) in [5, 5.41) is 0.950. The van der Waals surface area contributed by atoms with Crippen molar-refractivity contribution in [2.24, 2.45) is 0 Å². The SMILES string of the molecule is FC(F)(F)c1ccccc1COc1ccc2cccnc2c1. The van der Waals surface area contributed by atoms with Gasteiger partial charge in [0.05, 0.1) is 11.1 Å². The number of nitrogens with zero attached hydrogens (tertiary/aromatic N) is 1. The highest BCUT2D eigenvalue weighted by atomic mass is 19.4. The van der Waals surface area contributed by atoms with E-state index in [9.17, 15) is 13.2 Å². The Labute approximate surface area is 125 Å². The molecule has 0 N–H and O–H groups in total. The van der Waals surface area contributed by atoms with Gasteiger partial charge in [-0.3, -0.25) is 4.98 Å². The van der Waals surface area contributed by atoms with Gasteiger partial charge in [-0.15, -0.1) is 0 Å². The maximum absolute atomic E-state index is 12.9. The number of aromatic nitrogens is 1. The zero-order chi connectivity index (χ0) is 15.6. The van der Waals surface area contributed by atoms with E-state index in [1.165, 1.54) is 12.1 Å². The standard InChI is InChI=1S/C17H12F3NO/c18-17(19,20)15-6-2-1-4-13(15)11-22-14-8-7-12-5-3-9-21-16(12)10-14/h1-10H,11H2. The maximum Gasteiger partial charge on any atom is 0.416 e. The maximum atomic E-state index is 12.9. The van der Waals surface area contributed by atoms with Crippen LogP contribution >= 0.6 is 0 Å². The molecule has 2 nitrogen and oxygen atoms in total. The van der Waals surface area contributed by atoms with Crippen molar-refractivity contribution in [2.45, 2.75) is 12.8 Å². The number of rotatable bonds is 3. The number of pyridine rings is 1. The number of benzene rings is 2. The van der Waals surface area contributed by atoms with E-state index in [2.05, 4.69) is 4.98 Å². The van der Waals surface area contributed by atoms with Gasteiger partial charge in [-0.2, -0.15) is 13.2 Å². The minimum Gasteiger partial charge on any atom is -0.489 e. The molecule has 0 aliphatic rings. The minimum atomic E-state index is -4.38. The molecule has 0 unspecified atom stereocenters. The molecule has 0 aliphatic heterocycles. The van der Waals surface area contributed by atoms with E-state index in [-0.39, 0.29) is 12.2 Å². The molecule has 0 bridgehead atoms. The topological polar surface area (TPSA) is 22.1 Å². The Balaban J connectivity index is 1.82. The van der Waals surface area contributed by atoms with Gasteiger partial charge in [-0.1, -0.05) is 24.3 Å². The zero-order valence-corrected chi connectivity index (χ0v) is 11.5. The third-order valence-corrected chi connectivity index (χ3v) is 3.29. The summed E-state index contributed by atoms with van der Waals surface area (Å²) in [5.74, 6) is 0.489. The Hall–Kier alpha value is -2.56. The van der Waals surface area contributed by atoms with Crippen molar-refractivity contribution in [3.05, 3.63) is 71.9 Å². The highest BCUT2D eigenvalue weighted by Crippen LogP contribution is 2.32. The highest BCUT2D eigenvalue weighted by Gasteiger charge is 2.32. The van der Waals surface area contributed by atoms with Crippen molar-refractivity contribution < 1.29 is 17.9 Å². The van der Waals surface area contributed by atoms with Crippen LogP contribution in [0.2, 0.25) is 0 Å². The van der Waals surface area contributed by atoms with Gasteiger partial charge < -0.3 is 4.74 Å². The second kappa shape index (κ2) is 5.67. The molecule has 0 aliphatic carbocycles. The van der Waals surface area contributed by atoms with Crippen LogP contribution < -0.4 is 4.74 Å². The molecule has 3 aromatic rings. The van der Waals surface area contributed by atoms with Crippen LogP contribution in [0.5, 0.6) is 5.75 Å². The number of halogens is 3. The van der Waals surface area contributed by atoms with E-state index >= 15 is 0 Å². The second-order valence-corrected chi connectivity index (χ2v) is 4.80. The highest BCUT2D eigenvalue weighted by molar-refractivity contribution is 5.79. The molecule has 1 aromatic heterocycles. The number of hydrogen-bond donors (Lipinski definition) is 0. The lowest BCUT2D eigenvalue weighted by molar-refractivity contribution is -0.138. The molecule has 22 heavy (non-hydrogen) atoms. The summed E-state index contributed by atoms with van der Waals surface area (Å²) in [4.78, 5) is 4.19. The van der Waals surface area contributed by atoms with Crippen LogP contribution in [0.1, 0.15) is 11.1 Å². The Morgan fingerprint density at radius 3 is 2.59 bits per heavy atom. The van der Waals surface area contributed by atoms with Gasteiger partial charge >= 0.3 is 6.18 Å². The van der Waals surface area contributed by atoms with E-state index in [0.29, 0.717) is 5.75 Å². The van der Waals surface area contributed by atoms with Crippen molar-refractivity contribution in [1.29, 1.82) is 0 Å². The summed E-state index contributed by atoms with van der Waals surface area (Å²) in [6, 6.07) is 14.4. The van der Waals surface area contributed by atoms with Crippen molar-refractivity contribution in [3.63, 3.8) is 0 Å². The predicted octanol–water partition coefficient (Wildman–Crippen LogP) is 4.83. The third-order valence-electron chi connectivity index (χ3n) is 3.29. The molecule has 112 valence electrons. The van der Waals surface area contributed by atoms with Crippen LogP contribution in [0, 0.1) is 0 Å². The molecule has 3 rings (SSSR count). The summed E-state index contributed by atoms with van der Waals surface area (Å²) in [5.41, 5.74) is 0.175. The molecule has 0 saturated carbocycles. The fraction of sp³-hybridized carbons (Fsp3) is 0.118. The molecular formula is C17H12F3NO. The van der Waals surface area contributed by atoms with Crippen molar-refractivity contribution >= 4 is 10.9 Å². The van der Waals surface area contributed by atoms with E-state index in [0.717, 1.165) is 17.0 Å². The van der Waals surface area contributed by atoms with Crippen molar-refractivity contribution in [2.75, 3.05) is 0 Å². The Morgan fingerprint density at radius 2 is 1.77 bits per heavy atom. The number of hydrogen-bond acceptors (Lipinski definition) is 2. The molecule has 0 spiro atoms. The molecule has 0 fully saturated rings. The van der Waals surface area contributed by atoms with E-state index < -0.39 is 11.7 Å². The number of fused-ring (bicyclic) bond motifs is 1. The molecule has 1 heterocycles. The molecule has 0 saturated heterocycles. The third kappa shape index (κ3) is 3.03. The number of alkyl halides is 3. The summed E-state index contributed by atoms with van der Waals surface area (Å²) in [6.07, 6.45) is -2.73. The van der Waals surface area contributed by atoms with Gasteiger partial charge in [0.1, 0.15) is 12.4 Å². The van der Waals surface area contributed by atoms with Crippen molar-refractivity contribution in [3.8, 4) is 5.75 Å². The zero-order valence-electron chi connectivity index (χ0n) is 11.5. The normalized spacial score (nSPS) is 11.6. The van der Waals surface area contributed by atoms with E-state index in [1.54, 1.807) is 24.4 Å². The first kappa shape index (κ1) is 14.4.